The van der Waals surface area contributed by atoms with Crippen LogP contribution in [-0.2, 0) is 0 Å². The molecule has 0 saturated carbocycles. The second-order valence-corrected chi connectivity index (χ2v) is 5.07. The average Bonchev–Trinajstić information content (AvgIpc) is 2.35. The van der Waals surface area contributed by atoms with Crippen molar-refractivity contribution in [3.8, 4) is 17.1 Å². The molecule has 0 amide bonds. The molecule has 0 saturated heterocycles. The van der Waals surface area contributed by atoms with Crippen LogP contribution in [0.5, 0.6) is 5.75 Å². The summed E-state index contributed by atoms with van der Waals surface area (Å²) in [4.78, 5) is 8.68. The van der Waals surface area contributed by atoms with Gasteiger partial charge in [0.25, 0.3) is 0 Å². The maximum absolute atomic E-state index is 6.04. The van der Waals surface area contributed by atoms with E-state index in [1.54, 1.807) is 7.11 Å². The molecule has 0 spiro atoms. The van der Waals surface area contributed by atoms with E-state index < -0.39 is 0 Å². The van der Waals surface area contributed by atoms with E-state index in [4.69, 9.17) is 16.3 Å². The Hall–Kier alpha value is -1.13. The summed E-state index contributed by atoms with van der Waals surface area (Å²) in [7, 11) is 1.65. The molecule has 2 aromatic rings. The lowest BCUT2D eigenvalue weighted by atomic mass is 10.1. The first-order valence-electron chi connectivity index (χ1n) is 5.37. The molecule has 1 aromatic heterocycles. The Morgan fingerprint density at radius 3 is 2.50 bits per heavy atom. The minimum Gasteiger partial charge on any atom is -0.496 e. The van der Waals surface area contributed by atoms with Crippen LogP contribution < -0.4 is 4.74 Å². The van der Waals surface area contributed by atoms with Gasteiger partial charge in [0.1, 0.15) is 10.9 Å². The number of hydrogen-bond acceptors (Lipinski definition) is 3. The fraction of sp³-hybridized carbons (Fsp3) is 0.231. The third-order valence-corrected chi connectivity index (χ3v) is 4.08. The maximum Gasteiger partial charge on any atom is 0.161 e. The van der Waals surface area contributed by atoms with Crippen molar-refractivity contribution in [2.24, 2.45) is 0 Å². The number of hydrogen-bond donors (Lipinski definition) is 0. The summed E-state index contributed by atoms with van der Waals surface area (Å²) in [6, 6.07) is 5.81. The van der Waals surface area contributed by atoms with Crippen LogP contribution in [0.1, 0.15) is 11.3 Å². The van der Waals surface area contributed by atoms with E-state index in [0.717, 1.165) is 27.0 Å². The molecule has 18 heavy (non-hydrogen) atoms. The van der Waals surface area contributed by atoms with Gasteiger partial charge in [0.05, 0.1) is 17.3 Å². The number of halogens is 2. The lowest BCUT2D eigenvalue weighted by Gasteiger charge is -2.08. The Labute approximate surface area is 119 Å². The van der Waals surface area contributed by atoms with Gasteiger partial charge in [-0.1, -0.05) is 11.6 Å². The maximum atomic E-state index is 6.04. The predicted molar refractivity (Wildman–Crippen MR) is 76.2 cm³/mol. The SMILES string of the molecule is COc1ccc(-c2nc(C)c(Br)c(Cl)n2)cc1C. The molecule has 2 rings (SSSR count). The lowest BCUT2D eigenvalue weighted by Crippen LogP contribution is -1.95. The Kier molecular flexibility index (Phi) is 3.88. The molecule has 0 N–H and O–H groups in total. The van der Waals surface area contributed by atoms with E-state index >= 15 is 0 Å². The van der Waals surface area contributed by atoms with Crippen molar-refractivity contribution in [3.63, 3.8) is 0 Å². The van der Waals surface area contributed by atoms with E-state index in [-0.39, 0.29) is 0 Å². The van der Waals surface area contributed by atoms with Crippen molar-refractivity contribution in [2.45, 2.75) is 13.8 Å². The van der Waals surface area contributed by atoms with Crippen LogP contribution in [0.3, 0.4) is 0 Å². The summed E-state index contributed by atoms with van der Waals surface area (Å²) in [5.74, 6) is 1.46. The molecule has 0 atom stereocenters. The van der Waals surface area contributed by atoms with Crippen molar-refractivity contribution in [1.29, 1.82) is 0 Å². The van der Waals surface area contributed by atoms with Gasteiger partial charge in [0, 0.05) is 5.56 Å². The minimum absolute atomic E-state index is 0.422. The summed E-state index contributed by atoms with van der Waals surface area (Å²) in [6.07, 6.45) is 0. The number of nitrogens with zero attached hydrogens (tertiary/aromatic N) is 2. The lowest BCUT2D eigenvalue weighted by molar-refractivity contribution is 0.412. The van der Waals surface area contributed by atoms with Gasteiger partial charge in [0.15, 0.2) is 5.82 Å². The van der Waals surface area contributed by atoms with Crippen molar-refractivity contribution in [2.75, 3.05) is 7.11 Å². The first-order valence-corrected chi connectivity index (χ1v) is 6.54. The molecule has 0 bridgehead atoms. The van der Waals surface area contributed by atoms with E-state index in [9.17, 15) is 0 Å². The summed E-state index contributed by atoms with van der Waals surface area (Å²) in [5, 5.41) is 0.422. The van der Waals surface area contributed by atoms with E-state index in [0.29, 0.717) is 11.0 Å². The summed E-state index contributed by atoms with van der Waals surface area (Å²) in [6.45, 7) is 3.87. The molecule has 0 aliphatic heterocycles. The van der Waals surface area contributed by atoms with Gasteiger partial charge < -0.3 is 4.74 Å². The summed E-state index contributed by atoms with van der Waals surface area (Å²) >= 11 is 9.39. The highest BCUT2D eigenvalue weighted by Crippen LogP contribution is 2.28. The molecule has 0 unspecified atom stereocenters. The molecule has 1 heterocycles. The topological polar surface area (TPSA) is 35.0 Å². The van der Waals surface area contributed by atoms with Crippen molar-refractivity contribution in [3.05, 3.63) is 39.1 Å². The van der Waals surface area contributed by atoms with Crippen molar-refractivity contribution in [1.82, 2.24) is 9.97 Å². The molecular formula is C13H12BrClN2O. The summed E-state index contributed by atoms with van der Waals surface area (Å²) < 4.78 is 5.96. The smallest absolute Gasteiger partial charge is 0.161 e. The van der Waals surface area contributed by atoms with Crippen LogP contribution >= 0.6 is 27.5 Å². The van der Waals surface area contributed by atoms with Gasteiger partial charge in [-0.15, -0.1) is 0 Å². The minimum atomic E-state index is 0.422. The van der Waals surface area contributed by atoms with Gasteiger partial charge in [-0.25, -0.2) is 9.97 Å². The van der Waals surface area contributed by atoms with Gasteiger partial charge in [-0.2, -0.15) is 0 Å². The van der Waals surface area contributed by atoms with Gasteiger partial charge >= 0.3 is 0 Å². The highest BCUT2D eigenvalue weighted by molar-refractivity contribution is 9.10. The van der Waals surface area contributed by atoms with Crippen LogP contribution in [0.2, 0.25) is 5.15 Å². The van der Waals surface area contributed by atoms with Crippen LogP contribution in [-0.4, -0.2) is 17.1 Å². The van der Waals surface area contributed by atoms with Gasteiger partial charge in [-0.3, -0.25) is 0 Å². The Bertz CT molecular complexity index is 579. The molecule has 3 nitrogen and oxygen atoms in total. The normalized spacial score (nSPS) is 10.5. The Morgan fingerprint density at radius 1 is 1.22 bits per heavy atom. The zero-order chi connectivity index (χ0) is 13.3. The molecule has 0 radical (unpaired) electrons. The number of rotatable bonds is 2. The summed E-state index contributed by atoms with van der Waals surface area (Å²) in [5.41, 5.74) is 2.78. The second-order valence-electron chi connectivity index (χ2n) is 3.92. The highest BCUT2D eigenvalue weighted by atomic mass is 79.9. The number of benzene rings is 1. The molecule has 0 fully saturated rings. The van der Waals surface area contributed by atoms with E-state index in [1.807, 2.05) is 32.0 Å². The van der Waals surface area contributed by atoms with Gasteiger partial charge in [0.2, 0.25) is 0 Å². The third-order valence-electron chi connectivity index (χ3n) is 2.63. The quantitative estimate of drug-likeness (QED) is 0.776. The number of ether oxygens (including phenoxy) is 1. The Morgan fingerprint density at radius 2 is 1.94 bits per heavy atom. The Balaban J connectivity index is 2.52. The van der Waals surface area contributed by atoms with E-state index in [1.165, 1.54) is 0 Å². The molecule has 94 valence electrons. The fourth-order valence-corrected chi connectivity index (χ4v) is 2.07. The fourth-order valence-electron chi connectivity index (χ4n) is 1.67. The molecule has 1 aromatic carbocycles. The average molecular weight is 328 g/mol. The third kappa shape index (κ3) is 2.49. The van der Waals surface area contributed by atoms with E-state index in [2.05, 4.69) is 25.9 Å². The first-order chi connectivity index (χ1) is 8.52. The molecule has 0 aliphatic rings. The molecule has 5 heteroatoms. The monoisotopic (exact) mass is 326 g/mol. The van der Waals surface area contributed by atoms with Crippen molar-refractivity contribution < 1.29 is 4.74 Å². The van der Waals surface area contributed by atoms with Gasteiger partial charge in [-0.05, 0) is 53.5 Å². The zero-order valence-electron chi connectivity index (χ0n) is 10.3. The highest BCUT2D eigenvalue weighted by Gasteiger charge is 2.10. The second kappa shape index (κ2) is 5.24. The number of methoxy groups -OCH3 is 1. The number of aryl methyl sites for hydroxylation is 2. The van der Waals surface area contributed by atoms with Crippen LogP contribution in [0.4, 0.5) is 0 Å². The number of aromatic nitrogens is 2. The predicted octanol–water partition coefficient (Wildman–Crippen LogP) is 4.18. The first kappa shape index (κ1) is 13.3. The van der Waals surface area contributed by atoms with Crippen molar-refractivity contribution >= 4 is 27.5 Å². The standard InChI is InChI=1S/C13H12BrClN2O/c1-7-6-9(4-5-10(7)18-3)13-16-8(2)11(14)12(15)17-13/h4-6H,1-3H3. The van der Waals surface area contributed by atoms with Crippen LogP contribution in [0.25, 0.3) is 11.4 Å². The molecule has 0 aliphatic carbocycles. The van der Waals surface area contributed by atoms with Crippen LogP contribution in [0.15, 0.2) is 22.7 Å². The van der Waals surface area contributed by atoms with Crippen LogP contribution in [0, 0.1) is 13.8 Å². The molecular weight excluding hydrogens is 316 g/mol. The zero-order valence-corrected chi connectivity index (χ0v) is 12.6. The largest absolute Gasteiger partial charge is 0.496 e.